The second-order valence-electron chi connectivity index (χ2n) is 6.46. The van der Waals surface area contributed by atoms with Crippen molar-refractivity contribution in [3.63, 3.8) is 0 Å². The first-order valence-corrected chi connectivity index (χ1v) is 8.59. The molecule has 1 atom stereocenters. The van der Waals surface area contributed by atoms with Crippen molar-refractivity contribution in [3.8, 4) is 5.75 Å². The third-order valence-electron chi connectivity index (χ3n) is 4.49. The van der Waals surface area contributed by atoms with Gasteiger partial charge in [0.05, 0.1) is 23.9 Å². The van der Waals surface area contributed by atoms with Gasteiger partial charge in [-0.15, -0.1) is 0 Å². The Morgan fingerprint density at radius 1 is 1.40 bits per heavy atom. The highest BCUT2D eigenvalue weighted by molar-refractivity contribution is 5.95. The molecule has 6 nitrogen and oxygen atoms in total. The van der Waals surface area contributed by atoms with Crippen LogP contribution in [0, 0.1) is 6.92 Å². The van der Waals surface area contributed by atoms with Gasteiger partial charge in [0.1, 0.15) is 11.6 Å². The first-order chi connectivity index (χ1) is 12.0. The molecule has 6 heteroatoms. The number of aromatic hydroxyl groups is 1. The van der Waals surface area contributed by atoms with Crippen LogP contribution in [0.25, 0.3) is 0 Å². The maximum atomic E-state index is 12.8. The summed E-state index contributed by atoms with van der Waals surface area (Å²) >= 11 is 0. The minimum absolute atomic E-state index is 0.0887. The Labute approximate surface area is 147 Å². The Bertz CT molecular complexity index is 774. The van der Waals surface area contributed by atoms with Crippen LogP contribution in [0.2, 0.25) is 0 Å². The number of amides is 1. The summed E-state index contributed by atoms with van der Waals surface area (Å²) in [6.07, 6.45) is 2.96. The number of carbonyl (C=O) groups excluding carboxylic acids is 1. The van der Waals surface area contributed by atoms with Gasteiger partial charge in [-0.1, -0.05) is 12.1 Å². The molecule has 1 aliphatic carbocycles. The van der Waals surface area contributed by atoms with E-state index in [1.807, 2.05) is 13.8 Å². The molecular weight excluding hydrogens is 318 g/mol. The number of nitrogens with zero attached hydrogens (tertiary/aromatic N) is 3. The molecule has 1 fully saturated rings. The van der Waals surface area contributed by atoms with Crippen LogP contribution < -0.4 is 0 Å². The van der Waals surface area contributed by atoms with E-state index in [2.05, 4.69) is 9.97 Å². The zero-order valence-electron chi connectivity index (χ0n) is 14.5. The van der Waals surface area contributed by atoms with E-state index < -0.39 is 6.10 Å². The number of hydrogen-bond donors (Lipinski definition) is 2. The Balaban J connectivity index is 1.74. The van der Waals surface area contributed by atoms with Crippen LogP contribution in [0.4, 0.5) is 0 Å². The average Bonchev–Trinajstić information content (AvgIpc) is 3.44. The van der Waals surface area contributed by atoms with Crippen molar-refractivity contribution in [1.82, 2.24) is 14.9 Å². The summed E-state index contributed by atoms with van der Waals surface area (Å²) in [4.78, 5) is 23.2. The van der Waals surface area contributed by atoms with Crippen LogP contribution in [0.1, 0.15) is 59.2 Å². The predicted octanol–water partition coefficient (Wildman–Crippen LogP) is 2.56. The quantitative estimate of drug-likeness (QED) is 0.843. The highest BCUT2D eigenvalue weighted by Crippen LogP contribution is 2.38. The molecule has 25 heavy (non-hydrogen) atoms. The molecule has 1 saturated carbocycles. The van der Waals surface area contributed by atoms with Gasteiger partial charge in [0, 0.05) is 18.7 Å². The van der Waals surface area contributed by atoms with E-state index in [4.69, 9.17) is 0 Å². The number of carbonyl (C=O) groups is 1. The molecule has 1 aromatic carbocycles. The summed E-state index contributed by atoms with van der Waals surface area (Å²) < 4.78 is 0. The molecule has 0 saturated heterocycles. The Morgan fingerprint density at radius 3 is 2.76 bits per heavy atom. The minimum Gasteiger partial charge on any atom is -0.508 e. The molecule has 1 amide bonds. The van der Waals surface area contributed by atoms with Gasteiger partial charge >= 0.3 is 0 Å². The number of rotatable bonds is 6. The van der Waals surface area contributed by atoms with E-state index in [0.717, 1.165) is 18.7 Å². The smallest absolute Gasteiger partial charge is 0.257 e. The summed E-state index contributed by atoms with van der Waals surface area (Å²) in [6, 6.07) is 6.44. The van der Waals surface area contributed by atoms with Gasteiger partial charge in [-0.25, -0.2) is 9.97 Å². The summed E-state index contributed by atoms with van der Waals surface area (Å²) in [5.74, 6) is 1.15. The summed E-state index contributed by atoms with van der Waals surface area (Å²) in [6.45, 7) is 4.28. The van der Waals surface area contributed by atoms with Crippen molar-refractivity contribution in [2.75, 3.05) is 13.1 Å². The number of aryl methyl sites for hydroxylation is 1. The number of phenolic OH excluding ortho intramolecular Hbond substituents is 1. The molecule has 0 spiro atoms. The Kier molecular flexibility index (Phi) is 4.99. The zero-order valence-corrected chi connectivity index (χ0v) is 14.5. The van der Waals surface area contributed by atoms with Gasteiger partial charge in [0.25, 0.3) is 5.91 Å². The maximum Gasteiger partial charge on any atom is 0.257 e. The van der Waals surface area contributed by atoms with Crippen molar-refractivity contribution >= 4 is 5.91 Å². The summed E-state index contributed by atoms with van der Waals surface area (Å²) in [7, 11) is 0. The Morgan fingerprint density at radius 2 is 2.16 bits per heavy atom. The number of aromatic nitrogens is 2. The van der Waals surface area contributed by atoms with E-state index in [9.17, 15) is 15.0 Å². The third-order valence-corrected chi connectivity index (χ3v) is 4.49. The van der Waals surface area contributed by atoms with E-state index >= 15 is 0 Å². The minimum atomic E-state index is -0.872. The molecule has 132 valence electrons. The fourth-order valence-electron chi connectivity index (χ4n) is 2.81. The fraction of sp³-hybridized carbons (Fsp3) is 0.421. The summed E-state index contributed by atoms with van der Waals surface area (Å²) in [5.41, 5.74) is 1.71. The van der Waals surface area contributed by atoms with E-state index in [1.165, 1.54) is 6.07 Å². The van der Waals surface area contributed by atoms with Crippen molar-refractivity contribution in [2.24, 2.45) is 0 Å². The lowest BCUT2D eigenvalue weighted by atomic mass is 10.1. The number of benzene rings is 1. The second kappa shape index (κ2) is 7.19. The normalized spacial score (nSPS) is 15.0. The van der Waals surface area contributed by atoms with Gasteiger partial charge in [-0.3, -0.25) is 4.79 Å². The van der Waals surface area contributed by atoms with Crippen LogP contribution in [0.15, 0.2) is 30.5 Å². The van der Waals surface area contributed by atoms with Crippen molar-refractivity contribution in [2.45, 2.75) is 38.7 Å². The monoisotopic (exact) mass is 341 g/mol. The van der Waals surface area contributed by atoms with Gasteiger partial charge in [-0.05, 0) is 44.4 Å². The maximum absolute atomic E-state index is 12.8. The summed E-state index contributed by atoms with van der Waals surface area (Å²) in [5, 5.41) is 19.9. The highest BCUT2D eigenvalue weighted by atomic mass is 16.3. The Hall–Kier alpha value is -2.47. The molecule has 1 aliphatic rings. The lowest BCUT2D eigenvalue weighted by Crippen LogP contribution is -2.35. The molecule has 1 unspecified atom stereocenters. The number of phenols is 1. The van der Waals surface area contributed by atoms with Gasteiger partial charge in [0.15, 0.2) is 0 Å². The molecule has 2 aromatic rings. The van der Waals surface area contributed by atoms with Crippen LogP contribution >= 0.6 is 0 Å². The highest BCUT2D eigenvalue weighted by Gasteiger charge is 2.28. The molecule has 0 radical (unpaired) electrons. The number of hydrogen-bond acceptors (Lipinski definition) is 5. The first-order valence-electron chi connectivity index (χ1n) is 8.59. The van der Waals surface area contributed by atoms with E-state index in [0.29, 0.717) is 29.3 Å². The topological polar surface area (TPSA) is 86.5 Å². The van der Waals surface area contributed by atoms with Crippen LogP contribution in [0.5, 0.6) is 5.75 Å². The largest absolute Gasteiger partial charge is 0.508 e. The number of likely N-dealkylation sites (N-methyl/N-ethyl adjacent to an activating group) is 1. The van der Waals surface area contributed by atoms with Crippen molar-refractivity contribution in [1.29, 1.82) is 0 Å². The zero-order chi connectivity index (χ0) is 18.0. The van der Waals surface area contributed by atoms with Crippen molar-refractivity contribution < 1.29 is 15.0 Å². The van der Waals surface area contributed by atoms with Crippen LogP contribution in [-0.2, 0) is 0 Å². The molecule has 1 aromatic heterocycles. The van der Waals surface area contributed by atoms with Crippen molar-refractivity contribution in [3.05, 3.63) is 53.1 Å². The lowest BCUT2D eigenvalue weighted by Gasteiger charge is -2.24. The van der Waals surface area contributed by atoms with Gasteiger partial charge < -0.3 is 15.1 Å². The second-order valence-corrected chi connectivity index (χ2v) is 6.46. The van der Waals surface area contributed by atoms with E-state index in [-0.39, 0.29) is 18.2 Å². The standard InChI is InChI=1S/C19H23N3O3/c1-3-22(11-17(24)14-5-4-6-15(23)9-14)19(25)16-10-20-18(13-7-8-13)21-12(16)2/h4-6,9-10,13,17,23-24H,3,7-8,11H2,1-2H3. The number of aliphatic hydroxyl groups is 1. The molecule has 2 N–H and O–H groups in total. The third kappa shape index (κ3) is 3.96. The van der Waals surface area contributed by atoms with Crippen LogP contribution in [0.3, 0.4) is 0 Å². The molecule has 0 bridgehead atoms. The van der Waals surface area contributed by atoms with Gasteiger partial charge in [-0.2, -0.15) is 0 Å². The molecule has 0 aliphatic heterocycles. The number of aliphatic hydroxyl groups excluding tert-OH is 1. The lowest BCUT2D eigenvalue weighted by molar-refractivity contribution is 0.0633. The van der Waals surface area contributed by atoms with Crippen LogP contribution in [-0.4, -0.2) is 44.1 Å². The molecule has 1 heterocycles. The SMILES string of the molecule is CCN(CC(O)c1cccc(O)c1)C(=O)c1cnc(C2CC2)nc1C. The molecule has 3 rings (SSSR count). The van der Waals surface area contributed by atoms with E-state index in [1.54, 1.807) is 29.3 Å². The predicted molar refractivity (Wildman–Crippen MR) is 93.4 cm³/mol. The first kappa shape index (κ1) is 17.4. The molecular formula is C19H23N3O3. The average molecular weight is 341 g/mol. The van der Waals surface area contributed by atoms with Gasteiger partial charge in [0.2, 0.25) is 0 Å². The fourth-order valence-corrected chi connectivity index (χ4v) is 2.81.